The van der Waals surface area contributed by atoms with E-state index in [1.54, 1.807) is 0 Å². The van der Waals surface area contributed by atoms with E-state index in [1.165, 1.54) is 0 Å². The molecule has 0 spiro atoms. The molecule has 0 aromatic carbocycles. The second-order valence-corrected chi connectivity index (χ2v) is 4.25. The third-order valence-electron chi connectivity index (χ3n) is 2.12. The Labute approximate surface area is 110 Å². The van der Waals surface area contributed by atoms with Crippen LogP contribution in [0.5, 0.6) is 0 Å². The molecule has 1 N–H and O–H groups in total. The quantitative estimate of drug-likeness (QED) is 0.496. The summed E-state index contributed by atoms with van der Waals surface area (Å²) in [5.41, 5.74) is 0. The Kier molecular flexibility index (Phi) is 10.2. The number of hydrogen-bond acceptors (Lipinski definition) is 2. The Balaban J connectivity index is 3.28. The molecule has 0 fully saturated rings. The molecule has 0 unspecified atom stereocenters. The fourth-order valence-corrected chi connectivity index (χ4v) is 1.43. The van der Waals surface area contributed by atoms with Gasteiger partial charge in [-0.25, -0.2) is 0 Å². The van der Waals surface area contributed by atoms with Gasteiger partial charge in [0.05, 0.1) is 6.61 Å². The summed E-state index contributed by atoms with van der Waals surface area (Å²) < 4.78 is 39.4. The van der Waals surface area contributed by atoms with Crippen molar-refractivity contribution < 1.29 is 22.7 Å². The summed E-state index contributed by atoms with van der Waals surface area (Å²) in [6, 6.07) is 0. The summed E-state index contributed by atoms with van der Waals surface area (Å²) in [6.45, 7) is -0.976. The smallest absolute Gasteiger partial charge is 0.372 e. The van der Waals surface area contributed by atoms with Crippen LogP contribution in [0, 0.1) is 0 Å². The highest BCUT2D eigenvalue weighted by Gasteiger charge is 2.27. The first kappa shape index (κ1) is 17.5. The van der Waals surface area contributed by atoms with Crippen molar-refractivity contribution in [2.45, 2.75) is 38.3 Å². The van der Waals surface area contributed by atoms with Gasteiger partial charge in [-0.15, -0.1) is 11.6 Å². The van der Waals surface area contributed by atoms with E-state index in [0.29, 0.717) is 12.4 Å². The maximum atomic E-state index is 11.7. The fraction of sp³-hybridized carbons (Fsp3) is 0.909. The van der Waals surface area contributed by atoms with Crippen molar-refractivity contribution in [1.82, 2.24) is 5.32 Å². The minimum absolute atomic E-state index is 0.0439. The van der Waals surface area contributed by atoms with Crippen molar-refractivity contribution in [2.75, 3.05) is 25.6 Å². The SMILES string of the molecule is O=C(CCOCC(F)(F)F)NCCCCCCCl. The second-order valence-electron chi connectivity index (χ2n) is 3.87. The van der Waals surface area contributed by atoms with Crippen LogP contribution in [0.15, 0.2) is 0 Å². The predicted molar refractivity (Wildman–Crippen MR) is 63.7 cm³/mol. The number of ether oxygens (including phenoxy) is 1. The minimum atomic E-state index is -4.33. The van der Waals surface area contributed by atoms with E-state index in [4.69, 9.17) is 11.6 Å². The number of nitrogens with one attached hydrogen (secondary N) is 1. The molecule has 7 heteroatoms. The van der Waals surface area contributed by atoms with E-state index < -0.39 is 12.8 Å². The molecule has 0 aromatic heterocycles. The number of rotatable bonds is 10. The number of hydrogen-bond donors (Lipinski definition) is 1. The molecule has 0 aromatic rings. The second kappa shape index (κ2) is 10.4. The van der Waals surface area contributed by atoms with E-state index in [0.717, 1.165) is 25.7 Å². The lowest BCUT2D eigenvalue weighted by Gasteiger charge is -2.08. The highest BCUT2D eigenvalue weighted by atomic mass is 35.5. The van der Waals surface area contributed by atoms with Crippen LogP contribution < -0.4 is 5.32 Å². The summed E-state index contributed by atoms with van der Waals surface area (Å²) in [6.07, 6.45) is -0.560. The molecule has 0 saturated heterocycles. The van der Waals surface area contributed by atoms with E-state index in [-0.39, 0.29) is 18.9 Å². The molecule has 0 saturated carbocycles. The molecule has 1 amide bonds. The normalized spacial score (nSPS) is 11.6. The van der Waals surface area contributed by atoms with Gasteiger partial charge < -0.3 is 10.1 Å². The molecule has 0 rings (SSSR count). The van der Waals surface area contributed by atoms with Crippen LogP contribution in [0.4, 0.5) is 13.2 Å². The van der Waals surface area contributed by atoms with Gasteiger partial charge in [0.1, 0.15) is 6.61 Å². The van der Waals surface area contributed by atoms with Crippen molar-refractivity contribution in [1.29, 1.82) is 0 Å². The molecular weight excluding hydrogens is 271 g/mol. The highest BCUT2D eigenvalue weighted by Crippen LogP contribution is 2.14. The van der Waals surface area contributed by atoms with E-state index >= 15 is 0 Å². The Morgan fingerprint density at radius 3 is 2.44 bits per heavy atom. The zero-order valence-corrected chi connectivity index (χ0v) is 10.9. The average Bonchev–Trinajstić information content (AvgIpc) is 2.28. The van der Waals surface area contributed by atoms with Gasteiger partial charge in [0, 0.05) is 18.8 Å². The van der Waals surface area contributed by atoms with Gasteiger partial charge in [-0.3, -0.25) is 4.79 Å². The minimum Gasteiger partial charge on any atom is -0.372 e. The van der Waals surface area contributed by atoms with Crippen molar-refractivity contribution in [3.63, 3.8) is 0 Å². The Morgan fingerprint density at radius 2 is 1.83 bits per heavy atom. The van der Waals surface area contributed by atoms with Crippen LogP contribution in [0.25, 0.3) is 0 Å². The van der Waals surface area contributed by atoms with Crippen molar-refractivity contribution in [3.05, 3.63) is 0 Å². The van der Waals surface area contributed by atoms with Gasteiger partial charge in [-0.05, 0) is 12.8 Å². The molecular formula is C11H19ClF3NO2. The van der Waals surface area contributed by atoms with E-state index in [9.17, 15) is 18.0 Å². The highest BCUT2D eigenvalue weighted by molar-refractivity contribution is 6.17. The molecule has 0 aliphatic heterocycles. The molecule has 18 heavy (non-hydrogen) atoms. The Morgan fingerprint density at radius 1 is 1.17 bits per heavy atom. The monoisotopic (exact) mass is 289 g/mol. The lowest BCUT2D eigenvalue weighted by Crippen LogP contribution is -2.26. The molecule has 108 valence electrons. The lowest BCUT2D eigenvalue weighted by molar-refractivity contribution is -0.174. The van der Waals surface area contributed by atoms with Crippen LogP contribution >= 0.6 is 11.6 Å². The van der Waals surface area contributed by atoms with E-state index in [1.807, 2.05) is 0 Å². The molecule has 0 bridgehead atoms. The topological polar surface area (TPSA) is 38.3 Å². The number of halogens is 4. The fourth-order valence-electron chi connectivity index (χ4n) is 1.24. The zero-order valence-electron chi connectivity index (χ0n) is 10.2. The number of unbranched alkanes of at least 4 members (excludes halogenated alkanes) is 3. The molecule has 0 radical (unpaired) electrons. The van der Waals surface area contributed by atoms with Crippen LogP contribution in [0.1, 0.15) is 32.1 Å². The van der Waals surface area contributed by atoms with Gasteiger partial charge in [0.25, 0.3) is 0 Å². The average molecular weight is 290 g/mol. The summed E-state index contributed by atoms with van der Waals surface area (Å²) >= 11 is 5.50. The van der Waals surface area contributed by atoms with Crippen LogP contribution in [-0.4, -0.2) is 37.7 Å². The number of carbonyl (C=O) groups excluding carboxylic acids is 1. The van der Waals surface area contributed by atoms with Crippen LogP contribution in [0.3, 0.4) is 0 Å². The summed E-state index contributed by atoms with van der Waals surface area (Å²) in [5.74, 6) is 0.359. The summed E-state index contributed by atoms with van der Waals surface area (Å²) in [5, 5.41) is 2.62. The maximum absolute atomic E-state index is 11.7. The molecule has 0 heterocycles. The van der Waals surface area contributed by atoms with Crippen molar-refractivity contribution >= 4 is 17.5 Å². The lowest BCUT2D eigenvalue weighted by atomic mass is 10.2. The first-order chi connectivity index (χ1) is 8.45. The zero-order chi connectivity index (χ0) is 13.9. The summed E-state index contributed by atoms with van der Waals surface area (Å²) in [7, 11) is 0. The molecule has 3 nitrogen and oxygen atoms in total. The standard InChI is InChI=1S/C11H19ClF3NO2/c12-6-3-1-2-4-7-16-10(17)5-8-18-9-11(13,14)15/h1-9H2,(H,16,17). The number of carbonyl (C=O) groups is 1. The van der Waals surface area contributed by atoms with Crippen LogP contribution in [0.2, 0.25) is 0 Å². The first-order valence-corrected chi connectivity index (χ1v) is 6.46. The van der Waals surface area contributed by atoms with Gasteiger partial charge in [0.15, 0.2) is 0 Å². The molecule has 0 atom stereocenters. The molecule has 0 aliphatic rings. The van der Waals surface area contributed by atoms with E-state index in [2.05, 4.69) is 10.1 Å². The largest absolute Gasteiger partial charge is 0.411 e. The van der Waals surface area contributed by atoms with Crippen LogP contribution in [-0.2, 0) is 9.53 Å². The third-order valence-corrected chi connectivity index (χ3v) is 2.39. The predicted octanol–water partition coefficient (Wildman–Crippen LogP) is 2.87. The van der Waals surface area contributed by atoms with Gasteiger partial charge in [-0.1, -0.05) is 12.8 Å². The van der Waals surface area contributed by atoms with Crippen molar-refractivity contribution in [2.24, 2.45) is 0 Å². The third kappa shape index (κ3) is 13.6. The van der Waals surface area contributed by atoms with Gasteiger partial charge in [0.2, 0.25) is 5.91 Å². The Bertz CT molecular complexity index is 225. The first-order valence-electron chi connectivity index (χ1n) is 5.93. The van der Waals surface area contributed by atoms with Gasteiger partial charge in [-0.2, -0.15) is 13.2 Å². The van der Waals surface area contributed by atoms with Crippen molar-refractivity contribution in [3.8, 4) is 0 Å². The maximum Gasteiger partial charge on any atom is 0.411 e. The Hall–Kier alpha value is -0.490. The number of alkyl halides is 4. The van der Waals surface area contributed by atoms with Gasteiger partial charge >= 0.3 is 6.18 Å². The molecule has 0 aliphatic carbocycles. The number of amides is 1. The summed E-state index contributed by atoms with van der Waals surface area (Å²) in [4.78, 5) is 11.2.